The monoisotopic (exact) mass is 234 g/mol. The number of ether oxygens (including phenoxy) is 1. The van der Waals surface area contributed by atoms with Crippen LogP contribution in [0.5, 0.6) is 5.75 Å². The summed E-state index contributed by atoms with van der Waals surface area (Å²) in [5.74, 6) is 1.02. The Morgan fingerprint density at radius 3 is 3.00 bits per heavy atom. The number of piperazine rings is 1. The summed E-state index contributed by atoms with van der Waals surface area (Å²) in [4.78, 5) is 2.43. The Kier molecular flexibility index (Phi) is 4.26. The van der Waals surface area contributed by atoms with Crippen molar-refractivity contribution in [3.63, 3.8) is 0 Å². The molecule has 0 unspecified atom stereocenters. The fourth-order valence-electron chi connectivity index (χ4n) is 2.23. The predicted molar refractivity (Wildman–Crippen MR) is 71.9 cm³/mol. The zero-order chi connectivity index (χ0) is 12.1. The minimum Gasteiger partial charge on any atom is -0.491 e. The normalized spacial score (nSPS) is 20.4. The number of hydrogen-bond acceptors (Lipinski definition) is 3. The van der Waals surface area contributed by atoms with Crippen molar-refractivity contribution in [1.82, 2.24) is 5.32 Å². The summed E-state index contributed by atoms with van der Waals surface area (Å²) in [6, 6.07) is 8.88. The maximum atomic E-state index is 5.83. The third-order valence-corrected chi connectivity index (χ3v) is 3.14. The molecule has 0 spiro atoms. The lowest BCUT2D eigenvalue weighted by Crippen LogP contribution is -2.50. The van der Waals surface area contributed by atoms with Gasteiger partial charge >= 0.3 is 0 Å². The van der Waals surface area contributed by atoms with Crippen molar-refractivity contribution in [2.75, 3.05) is 31.1 Å². The van der Waals surface area contributed by atoms with Gasteiger partial charge in [-0.05, 0) is 25.5 Å². The molecule has 0 aliphatic carbocycles. The van der Waals surface area contributed by atoms with Crippen molar-refractivity contribution in [2.24, 2.45) is 0 Å². The van der Waals surface area contributed by atoms with Crippen LogP contribution in [0.25, 0.3) is 0 Å². The van der Waals surface area contributed by atoms with E-state index in [1.165, 1.54) is 5.69 Å². The molecule has 1 aromatic carbocycles. The molecule has 1 heterocycles. The molecule has 1 fully saturated rings. The van der Waals surface area contributed by atoms with Gasteiger partial charge in [0.15, 0.2) is 0 Å². The number of benzene rings is 1. The van der Waals surface area contributed by atoms with Gasteiger partial charge in [-0.25, -0.2) is 0 Å². The largest absolute Gasteiger partial charge is 0.491 e. The molecule has 0 bridgehead atoms. The van der Waals surface area contributed by atoms with Crippen LogP contribution >= 0.6 is 0 Å². The second-order valence-electron chi connectivity index (χ2n) is 4.56. The quantitative estimate of drug-likeness (QED) is 0.865. The number of rotatable bonds is 4. The molecular formula is C14H22N2O. The first-order valence-corrected chi connectivity index (χ1v) is 6.52. The highest BCUT2D eigenvalue weighted by atomic mass is 16.5. The zero-order valence-electron chi connectivity index (χ0n) is 10.8. The maximum absolute atomic E-state index is 5.83. The van der Waals surface area contributed by atoms with Gasteiger partial charge in [0.1, 0.15) is 5.75 Å². The third kappa shape index (κ3) is 2.91. The van der Waals surface area contributed by atoms with Crippen LogP contribution in [-0.4, -0.2) is 32.3 Å². The molecular weight excluding hydrogens is 212 g/mol. The van der Waals surface area contributed by atoms with Crippen LogP contribution in [0.2, 0.25) is 0 Å². The number of hydrogen-bond donors (Lipinski definition) is 1. The van der Waals surface area contributed by atoms with E-state index in [9.17, 15) is 0 Å². The van der Waals surface area contributed by atoms with Crippen LogP contribution in [0, 0.1) is 0 Å². The molecule has 17 heavy (non-hydrogen) atoms. The van der Waals surface area contributed by atoms with Crippen LogP contribution < -0.4 is 15.0 Å². The van der Waals surface area contributed by atoms with Gasteiger partial charge in [-0.15, -0.1) is 0 Å². The van der Waals surface area contributed by atoms with E-state index in [-0.39, 0.29) is 0 Å². The Balaban J connectivity index is 2.17. The molecule has 0 aromatic heterocycles. The van der Waals surface area contributed by atoms with Gasteiger partial charge in [0.05, 0.1) is 12.3 Å². The van der Waals surface area contributed by atoms with Gasteiger partial charge < -0.3 is 15.0 Å². The highest BCUT2D eigenvalue weighted by Crippen LogP contribution is 2.29. The Bertz CT molecular complexity index is 354. The Hall–Kier alpha value is -1.22. The fraction of sp³-hybridized carbons (Fsp3) is 0.571. The number of nitrogens with zero attached hydrogens (tertiary/aromatic N) is 1. The second-order valence-corrected chi connectivity index (χ2v) is 4.56. The lowest BCUT2D eigenvalue weighted by atomic mass is 10.1. The van der Waals surface area contributed by atoms with Gasteiger partial charge in [-0.2, -0.15) is 0 Å². The first-order valence-electron chi connectivity index (χ1n) is 6.52. The molecule has 1 aliphatic rings. The first kappa shape index (κ1) is 12.2. The van der Waals surface area contributed by atoms with Crippen molar-refractivity contribution >= 4 is 5.69 Å². The number of nitrogens with one attached hydrogen (secondary N) is 1. The summed E-state index contributed by atoms with van der Waals surface area (Å²) < 4.78 is 5.83. The van der Waals surface area contributed by atoms with E-state index in [0.29, 0.717) is 6.04 Å². The predicted octanol–water partition coefficient (Wildman–Crippen LogP) is 2.27. The van der Waals surface area contributed by atoms with E-state index in [1.807, 2.05) is 6.07 Å². The minimum atomic E-state index is 0.523. The molecule has 3 nitrogen and oxygen atoms in total. The van der Waals surface area contributed by atoms with E-state index in [0.717, 1.165) is 38.4 Å². The van der Waals surface area contributed by atoms with Crippen molar-refractivity contribution in [3.8, 4) is 5.75 Å². The van der Waals surface area contributed by atoms with Crippen LogP contribution in [0.15, 0.2) is 24.3 Å². The molecule has 0 saturated carbocycles. The average molecular weight is 234 g/mol. The van der Waals surface area contributed by atoms with Crippen molar-refractivity contribution < 1.29 is 4.74 Å². The average Bonchev–Trinajstić information content (AvgIpc) is 2.37. The topological polar surface area (TPSA) is 24.5 Å². The van der Waals surface area contributed by atoms with Crippen molar-refractivity contribution in [2.45, 2.75) is 26.3 Å². The summed E-state index contributed by atoms with van der Waals surface area (Å²) in [7, 11) is 0. The minimum absolute atomic E-state index is 0.523. The van der Waals surface area contributed by atoms with Crippen LogP contribution in [0.1, 0.15) is 20.3 Å². The fourth-order valence-corrected chi connectivity index (χ4v) is 2.23. The summed E-state index contributed by atoms with van der Waals surface area (Å²) in [6.45, 7) is 8.32. The zero-order valence-corrected chi connectivity index (χ0v) is 10.8. The molecule has 1 N–H and O–H groups in total. The highest BCUT2D eigenvalue weighted by Gasteiger charge is 2.20. The van der Waals surface area contributed by atoms with E-state index >= 15 is 0 Å². The molecule has 0 radical (unpaired) electrons. The van der Waals surface area contributed by atoms with E-state index < -0.39 is 0 Å². The number of anilines is 1. The summed E-state index contributed by atoms with van der Waals surface area (Å²) in [6.07, 6.45) is 1.05. The van der Waals surface area contributed by atoms with Gasteiger partial charge in [0, 0.05) is 25.7 Å². The van der Waals surface area contributed by atoms with Crippen molar-refractivity contribution in [3.05, 3.63) is 24.3 Å². The molecule has 94 valence electrons. The van der Waals surface area contributed by atoms with Crippen LogP contribution in [0.4, 0.5) is 5.69 Å². The Morgan fingerprint density at radius 1 is 1.41 bits per heavy atom. The highest BCUT2D eigenvalue weighted by molar-refractivity contribution is 5.59. The molecule has 3 heteroatoms. The first-order chi connectivity index (χ1) is 8.33. The van der Waals surface area contributed by atoms with Crippen LogP contribution in [0.3, 0.4) is 0 Å². The van der Waals surface area contributed by atoms with Gasteiger partial charge in [0.2, 0.25) is 0 Å². The molecule has 1 aliphatic heterocycles. The lowest BCUT2D eigenvalue weighted by molar-refractivity contribution is 0.316. The van der Waals surface area contributed by atoms with Crippen molar-refractivity contribution in [1.29, 1.82) is 0 Å². The van der Waals surface area contributed by atoms with Gasteiger partial charge in [-0.1, -0.05) is 19.1 Å². The van der Waals surface area contributed by atoms with Gasteiger partial charge in [0.25, 0.3) is 0 Å². The molecule has 1 atom stereocenters. The standard InChI is InChI=1S/C14H22N2O/c1-3-10-17-14-7-5-4-6-13(14)16-9-8-15-11-12(16)2/h4-7,12,15H,3,8-11H2,1-2H3/t12-/m1/s1. The van der Waals surface area contributed by atoms with Crippen LogP contribution in [-0.2, 0) is 0 Å². The summed E-state index contributed by atoms with van der Waals surface area (Å²) in [5, 5.41) is 3.41. The molecule has 1 saturated heterocycles. The maximum Gasteiger partial charge on any atom is 0.142 e. The Labute approximate surface area is 104 Å². The Morgan fingerprint density at radius 2 is 2.24 bits per heavy atom. The molecule has 0 amide bonds. The second kappa shape index (κ2) is 5.92. The smallest absolute Gasteiger partial charge is 0.142 e. The molecule has 1 aromatic rings. The third-order valence-electron chi connectivity index (χ3n) is 3.14. The summed E-state index contributed by atoms with van der Waals surface area (Å²) in [5.41, 5.74) is 1.23. The lowest BCUT2D eigenvalue weighted by Gasteiger charge is -2.36. The van der Waals surface area contributed by atoms with E-state index in [2.05, 4.69) is 42.3 Å². The van der Waals surface area contributed by atoms with E-state index in [1.54, 1.807) is 0 Å². The van der Waals surface area contributed by atoms with Gasteiger partial charge in [-0.3, -0.25) is 0 Å². The molecule has 2 rings (SSSR count). The SMILES string of the molecule is CCCOc1ccccc1N1CCNC[C@H]1C. The van der Waals surface area contributed by atoms with E-state index in [4.69, 9.17) is 4.74 Å². The summed E-state index contributed by atoms with van der Waals surface area (Å²) >= 11 is 0. The number of para-hydroxylation sites is 2.